The van der Waals surface area contributed by atoms with Crippen molar-refractivity contribution < 1.29 is 8.42 Å². The summed E-state index contributed by atoms with van der Waals surface area (Å²) in [6.45, 7) is 0. The number of halogens is 2. The van der Waals surface area contributed by atoms with Gasteiger partial charge in [-0.05, 0) is 42.5 Å². The van der Waals surface area contributed by atoms with Gasteiger partial charge in [0.15, 0.2) is 11.6 Å². The van der Waals surface area contributed by atoms with Crippen molar-refractivity contribution in [2.75, 3.05) is 10.0 Å². The van der Waals surface area contributed by atoms with Crippen LogP contribution < -0.4 is 10.0 Å². The maximum Gasteiger partial charge on any atom is 0.265 e. The molecule has 0 fully saturated rings. The van der Waals surface area contributed by atoms with Gasteiger partial charge in [0.2, 0.25) is 0 Å². The van der Waals surface area contributed by atoms with Crippen LogP contribution in [0.1, 0.15) is 0 Å². The minimum absolute atomic E-state index is 0.00420. The molecule has 0 saturated heterocycles. The molecule has 0 amide bonds. The second-order valence-corrected chi connectivity index (χ2v) is 9.74. The molecule has 5 rings (SSSR count). The van der Waals surface area contributed by atoms with E-state index < -0.39 is 10.0 Å². The van der Waals surface area contributed by atoms with E-state index in [2.05, 4.69) is 28.8 Å². The van der Waals surface area contributed by atoms with Gasteiger partial charge in [0.25, 0.3) is 10.0 Å². The number of para-hydroxylation sites is 2. The lowest BCUT2D eigenvalue weighted by molar-refractivity contribution is 0.602. The molecule has 0 aliphatic heterocycles. The third-order valence-electron chi connectivity index (χ3n) is 4.47. The van der Waals surface area contributed by atoms with Crippen molar-refractivity contribution in [3.8, 4) is 0 Å². The molecule has 0 bridgehead atoms. The van der Waals surface area contributed by atoms with E-state index in [1.165, 1.54) is 6.07 Å². The third-order valence-corrected chi connectivity index (χ3v) is 6.81. The van der Waals surface area contributed by atoms with Crippen LogP contribution in [0.4, 0.5) is 17.3 Å². The molecule has 32 heavy (non-hydrogen) atoms. The fourth-order valence-electron chi connectivity index (χ4n) is 3.10. The lowest BCUT2D eigenvalue weighted by Crippen LogP contribution is -2.16. The van der Waals surface area contributed by atoms with Gasteiger partial charge in [0.1, 0.15) is 15.9 Å². The van der Waals surface area contributed by atoms with Crippen LogP contribution in [-0.2, 0) is 10.0 Å². The van der Waals surface area contributed by atoms with Crippen LogP contribution in [0.2, 0.25) is 10.0 Å². The molecular formula is C20H12Cl2N6O2S2. The van der Waals surface area contributed by atoms with Gasteiger partial charge in [0, 0.05) is 15.7 Å². The summed E-state index contributed by atoms with van der Waals surface area (Å²) < 4.78 is 37.3. The SMILES string of the molecule is O=S(=O)(Nc1nc2ccccc2nc1Nc1cc(Cl)cc(Cl)c1)c1cccc2nsnc12. The predicted octanol–water partition coefficient (Wildman–Crippen LogP) is 5.49. The fraction of sp³-hybridized carbons (Fsp3) is 0. The number of aromatic nitrogens is 4. The quantitative estimate of drug-likeness (QED) is 0.327. The number of fused-ring (bicyclic) bond motifs is 2. The molecule has 2 heterocycles. The minimum atomic E-state index is -4.05. The molecule has 0 unspecified atom stereocenters. The molecule has 0 aliphatic rings. The summed E-state index contributed by atoms with van der Waals surface area (Å²) in [6.07, 6.45) is 0. The monoisotopic (exact) mass is 502 g/mol. The number of nitrogens with one attached hydrogen (secondary N) is 2. The number of benzene rings is 3. The zero-order valence-electron chi connectivity index (χ0n) is 16.0. The van der Waals surface area contributed by atoms with Gasteiger partial charge < -0.3 is 5.32 Å². The highest BCUT2D eigenvalue weighted by Gasteiger charge is 2.23. The summed E-state index contributed by atoms with van der Waals surface area (Å²) in [6, 6.07) is 16.8. The summed E-state index contributed by atoms with van der Waals surface area (Å²) in [4.78, 5) is 9.02. The highest BCUT2D eigenvalue weighted by atomic mass is 35.5. The Bertz CT molecular complexity index is 1570. The Morgan fingerprint density at radius 2 is 1.44 bits per heavy atom. The molecule has 8 nitrogen and oxygen atoms in total. The molecule has 2 aromatic heterocycles. The Labute approximate surface area is 196 Å². The second kappa shape index (κ2) is 8.14. The van der Waals surface area contributed by atoms with Gasteiger partial charge in [-0.15, -0.1) is 0 Å². The number of sulfonamides is 1. The zero-order chi connectivity index (χ0) is 22.3. The normalized spacial score (nSPS) is 11.7. The van der Waals surface area contributed by atoms with Crippen LogP contribution in [0.3, 0.4) is 0 Å². The summed E-state index contributed by atoms with van der Waals surface area (Å²) in [5, 5.41) is 3.89. The van der Waals surface area contributed by atoms with Crippen molar-refractivity contribution in [1.29, 1.82) is 0 Å². The first kappa shape index (κ1) is 20.8. The van der Waals surface area contributed by atoms with E-state index in [0.29, 0.717) is 32.3 Å². The van der Waals surface area contributed by atoms with Crippen LogP contribution in [-0.4, -0.2) is 27.1 Å². The van der Waals surface area contributed by atoms with Crippen molar-refractivity contribution in [2.24, 2.45) is 0 Å². The van der Waals surface area contributed by atoms with Gasteiger partial charge in [-0.2, -0.15) is 8.75 Å². The van der Waals surface area contributed by atoms with Gasteiger partial charge in [-0.25, -0.2) is 18.4 Å². The minimum Gasteiger partial charge on any atom is -0.337 e. The van der Waals surface area contributed by atoms with E-state index in [9.17, 15) is 8.42 Å². The summed E-state index contributed by atoms with van der Waals surface area (Å²) in [5.74, 6) is 0.203. The maximum atomic E-state index is 13.3. The summed E-state index contributed by atoms with van der Waals surface area (Å²) in [7, 11) is -4.05. The number of nitrogens with zero attached hydrogens (tertiary/aromatic N) is 4. The van der Waals surface area contributed by atoms with Crippen molar-refractivity contribution >= 4 is 84.3 Å². The van der Waals surface area contributed by atoms with E-state index in [-0.39, 0.29) is 22.0 Å². The fourth-order valence-corrected chi connectivity index (χ4v) is 5.40. The maximum absolute atomic E-state index is 13.3. The van der Waals surface area contributed by atoms with Gasteiger partial charge >= 0.3 is 0 Å². The molecular weight excluding hydrogens is 491 g/mol. The van der Waals surface area contributed by atoms with Crippen LogP contribution in [0.25, 0.3) is 22.1 Å². The van der Waals surface area contributed by atoms with E-state index in [1.807, 2.05) is 6.07 Å². The highest BCUT2D eigenvalue weighted by molar-refractivity contribution is 7.93. The van der Waals surface area contributed by atoms with E-state index in [4.69, 9.17) is 23.2 Å². The summed E-state index contributed by atoms with van der Waals surface area (Å²) >= 11 is 13.1. The first-order chi connectivity index (χ1) is 15.4. The number of anilines is 3. The number of hydrogen-bond acceptors (Lipinski definition) is 8. The molecule has 2 N–H and O–H groups in total. The Kier molecular flexibility index (Phi) is 5.30. The standard InChI is InChI=1S/C20H12Cl2N6O2S2/c21-11-8-12(22)10-13(9-11)23-19-20(25-15-5-2-1-4-14(15)24-19)28-32(29,30)17-7-3-6-16-18(17)27-31-26-16/h1-10H,(H,23,24)(H,25,28). The molecule has 0 saturated carbocycles. The summed E-state index contributed by atoms with van der Waals surface area (Å²) in [5.41, 5.74) is 2.41. The van der Waals surface area contributed by atoms with Crippen molar-refractivity contribution in [2.45, 2.75) is 4.90 Å². The first-order valence-electron chi connectivity index (χ1n) is 9.13. The molecule has 0 aliphatic carbocycles. The van der Waals surface area contributed by atoms with Crippen LogP contribution >= 0.6 is 34.9 Å². The molecule has 5 aromatic rings. The van der Waals surface area contributed by atoms with E-state index in [0.717, 1.165) is 11.7 Å². The van der Waals surface area contributed by atoms with Crippen LogP contribution in [0.5, 0.6) is 0 Å². The van der Waals surface area contributed by atoms with Gasteiger partial charge in [0.05, 0.1) is 22.8 Å². The largest absolute Gasteiger partial charge is 0.337 e. The van der Waals surface area contributed by atoms with E-state index >= 15 is 0 Å². The number of rotatable bonds is 5. The number of hydrogen-bond donors (Lipinski definition) is 2. The van der Waals surface area contributed by atoms with Gasteiger partial charge in [-0.1, -0.05) is 41.4 Å². The lowest BCUT2D eigenvalue weighted by atomic mass is 10.3. The third kappa shape index (κ3) is 4.05. The molecule has 3 aromatic carbocycles. The van der Waals surface area contributed by atoms with Gasteiger partial charge in [-0.3, -0.25) is 4.72 Å². The zero-order valence-corrected chi connectivity index (χ0v) is 19.1. The molecule has 160 valence electrons. The smallest absolute Gasteiger partial charge is 0.265 e. The first-order valence-corrected chi connectivity index (χ1v) is 12.1. The Hall–Kier alpha value is -3.05. The van der Waals surface area contributed by atoms with Crippen LogP contribution in [0.15, 0.2) is 65.6 Å². The van der Waals surface area contributed by atoms with Crippen LogP contribution in [0, 0.1) is 0 Å². The van der Waals surface area contributed by atoms with Crippen molar-refractivity contribution in [3.05, 3.63) is 70.7 Å². The van der Waals surface area contributed by atoms with Crippen molar-refractivity contribution in [1.82, 2.24) is 18.7 Å². The Morgan fingerprint density at radius 1 is 0.781 bits per heavy atom. The highest BCUT2D eigenvalue weighted by Crippen LogP contribution is 2.31. The molecule has 0 atom stereocenters. The lowest BCUT2D eigenvalue weighted by Gasteiger charge is -2.14. The average molecular weight is 503 g/mol. The second-order valence-electron chi connectivity index (χ2n) is 6.69. The molecule has 12 heteroatoms. The van der Waals surface area contributed by atoms with Crippen molar-refractivity contribution in [3.63, 3.8) is 0 Å². The molecule has 0 radical (unpaired) electrons. The predicted molar refractivity (Wildman–Crippen MR) is 128 cm³/mol. The van der Waals surface area contributed by atoms with E-state index in [1.54, 1.807) is 48.5 Å². The Morgan fingerprint density at radius 3 is 2.16 bits per heavy atom. The molecule has 0 spiro atoms. The average Bonchev–Trinajstić information content (AvgIpc) is 3.22. The topological polar surface area (TPSA) is 110 Å². The Balaban J connectivity index is 1.62.